The second-order valence-corrected chi connectivity index (χ2v) is 7.13. The van der Waals surface area contributed by atoms with Gasteiger partial charge < -0.3 is 14.6 Å². The Morgan fingerprint density at radius 3 is 2.62 bits per heavy atom. The smallest absolute Gasteiger partial charge is 0.125 e. The van der Waals surface area contributed by atoms with Crippen LogP contribution in [0.5, 0.6) is 5.75 Å². The molecule has 24 heavy (non-hydrogen) atoms. The van der Waals surface area contributed by atoms with Crippen molar-refractivity contribution in [3.8, 4) is 5.75 Å². The lowest BCUT2D eigenvalue weighted by Crippen LogP contribution is -2.34. The molecule has 1 N–H and O–H groups in total. The Hall–Kier alpha value is -1.84. The van der Waals surface area contributed by atoms with Crippen LogP contribution in [-0.2, 0) is 11.2 Å². The number of benzene rings is 2. The van der Waals surface area contributed by atoms with Crippen molar-refractivity contribution in [3.05, 3.63) is 65.7 Å². The van der Waals surface area contributed by atoms with Crippen molar-refractivity contribution < 1.29 is 14.6 Å². The van der Waals surface area contributed by atoms with Crippen LogP contribution < -0.4 is 4.74 Å². The summed E-state index contributed by atoms with van der Waals surface area (Å²) in [6.45, 7) is 1.46. The second-order valence-electron chi connectivity index (χ2n) is 7.13. The molecule has 0 spiro atoms. The highest BCUT2D eigenvalue weighted by molar-refractivity contribution is 5.36. The largest absolute Gasteiger partial charge is 0.490 e. The first-order chi connectivity index (χ1) is 11.7. The first kappa shape index (κ1) is 15.7. The number of para-hydroxylation sites is 1. The third-order valence-electron chi connectivity index (χ3n) is 5.33. The molecule has 1 saturated heterocycles. The van der Waals surface area contributed by atoms with Crippen molar-refractivity contribution in [3.63, 3.8) is 0 Å². The van der Waals surface area contributed by atoms with Crippen LogP contribution in [0.2, 0.25) is 0 Å². The van der Waals surface area contributed by atoms with Crippen LogP contribution in [0.25, 0.3) is 0 Å². The monoisotopic (exact) mass is 324 g/mol. The molecule has 2 aliphatic rings. The molecule has 126 valence electrons. The Morgan fingerprint density at radius 1 is 1.12 bits per heavy atom. The maximum atomic E-state index is 10.7. The van der Waals surface area contributed by atoms with Gasteiger partial charge in [0.05, 0.1) is 12.7 Å². The van der Waals surface area contributed by atoms with Crippen LogP contribution >= 0.6 is 0 Å². The molecule has 2 aromatic carbocycles. The summed E-state index contributed by atoms with van der Waals surface area (Å²) in [5, 5.41) is 10.7. The van der Waals surface area contributed by atoms with E-state index < -0.39 is 6.10 Å². The highest BCUT2D eigenvalue weighted by Gasteiger charge is 2.47. The van der Waals surface area contributed by atoms with E-state index in [1.54, 1.807) is 0 Å². The molecule has 2 aromatic rings. The number of fused-ring (bicyclic) bond motifs is 2. The summed E-state index contributed by atoms with van der Waals surface area (Å²) in [6, 6.07) is 17.9. The third kappa shape index (κ3) is 3.19. The second kappa shape index (κ2) is 6.58. The van der Waals surface area contributed by atoms with E-state index >= 15 is 0 Å². The lowest BCUT2D eigenvalue weighted by atomic mass is 10.0. The van der Waals surface area contributed by atoms with Gasteiger partial charge in [0, 0.05) is 12.0 Å². The predicted octanol–water partition coefficient (Wildman–Crippen LogP) is 3.91. The zero-order chi connectivity index (χ0) is 16.4. The Morgan fingerprint density at radius 2 is 1.92 bits per heavy atom. The molecule has 0 radical (unpaired) electrons. The quantitative estimate of drug-likeness (QED) is 0.875. The Kier molecular flexibility index (Phi) is 4.30. The molecule has 0 aromatic heterocycles. The summed E-state index contributed by atoms with van der Waals surface area (Å²) >= 11 is 0. The fourth-order valence-corrected chi connectivity index (χ4v) is 3.98. The predicted molar refractivity (Wildman–Crippen MR) is 93.1 cm³/mol. The lowest BCUT2D eigenvalue weighted by Gasteiger charge is -2.27. The third-order valence-corrected chi connectivity index (χ3v) is 5.33. The molecule has 3 atom stereocenters. The first-order valence-electron chi connectivity index (χ1n) is 8.82. The summed E-state index contributed by atoms with van der Waals surface area (Å²) in [5.41, 5.74) is 1.88. The molecule has 1 aliphatic heterocycles. The number of aliphatic hydroxyl groups excluding tert-OH is 1. The molecule has 1 heterocycles. The number of hydrogen-bond donors (Lipinski definition) is 1. The molecule has 3 nitrogen and oxygen atoms in total. The number of aliphatic hydroxyl groups is 1. The van der Waals surface area contributed by atoms with E-state index in [1.807, 2.05) is 54.6 Å². The van der Waals surface area contributed by atoms with Crippen molar-refractivity contribution >= 4 is 0 Å². The maximum absolute atomic E-state index is 10.7. The summed E-state index contributed by atoms with van der Waals surface area (Å²) in [5.74, 6) is 1.49. The van der Waals surface area contributed by atoms with Gasteiger partial charge in [0.1, 0.15) is 18.0 Å². The maximum Gasteiger partial charge on any atom is 0.125 e. The van der Waals surface area contributed by atoms with Crippen molar-refractivity contribution in [2.24, 2.45) is 5.92 Å². The molecule has 3 heteroatoms. The molecule has 1 aliphatic carbocycles. The van der Waals surface area contributed by atoms with E-state index in [0.29, 0.717) is 18.9 Å². The lowest BCUT2D eigenvalue weighted by molar-refractivity contribution is -0.0466. The van der Waals surface area contributed by atoms with Crippen molar-refractivity contribution in [1.82, 2.24) is 0 Å². The average Bonchev–Trinajstić information content (AvgIpc) is 3.22. The summed E-state index contributed by atoms with van der Waals surface area (Å²) < 4.78 is 12.1. The minimum Gasteiger partial charge on any atom is -0.490 e. The standard InChI is InChI=1S/C21H24O3/c22-19(12-16-6-2-1-3-7-16)18-8-4-5-9-20(18)23-15-21-11-10-17(13-21)14-24-21/h1-9,17,19,22H,10-15H2. The van der Waals surface area contributed by atoms with Crippen LogP contribution in [0.3, 0.4) is 0 Å². The van der Waals surface area contributed by atoms with E-state index in [9.17, 15) is 5.11 Å². The van der Waals surface area contributed by atoms with Gasteiger partial charge in [-0.2, -0.15) is 0 Å². The van der Waals surface area contributed by atoms with Crippen molar-refractivity contribution in [1.29, 1.82) is 0 Å². The molecular weight excluding hydrogens is 300 g/mol. The Bertz CT molecular complexity index is 674. The average molecular weight is 324 g/mol. The van der Waals surface area contributed by atoms with Crippen LogP contribution in [-0.4, -0.2) is 23.9 Å². The zero-order valence-electron chi connectivity index (χ0n) is 13.9. The van der Waals surface area contributed by atoms with Gasteiger partial charge in [0.25, 0.3) is 0 Å². The summed E-state index contributed by atoms with van der Waals surface area (Å²) in [4.78, 5) is 0. The van der Waals surface area contributed by atoms with Gasteiger partial charge in [0.2, 0.25) is 0 Å². The van der Waals surface area contributed by atoms with Gasteiger partial charge >= 0.3 is 0 Å². The Balaban J connectivity index is 1.46. The minimum atomic E-state index is -0.568. The fraction of sp³-hybridized carbons (Fsp3) is 0.429. The van der Waals surface area contributed by atoms with Gasteiger partial charge in [-0.25, -0.2) is 0 Å². The SMILES string of the molecule is OC(Cc1ccccc1)c1ccccc1OCC12CCC(CO1)C2. The minimum absolute atomic E-state index is 0.0951. The van der Waals surface area contributed by atoms with E-state index in [0.717, 1.165) is 36.3 Å². The van der Waals surface area contributed by atoms with Crippen LogP contribution in [0.4, 0.5) is 0 Å². The highest BCUT2D eigenvalue weighted by Crippen LogP contribution is 2.44. The van der Waals surface area contributed by atoms with E-state index in [-0.39, 0.29) is 5.60 Å². The fourth-order valence-electron chi connectivity index (χ4n) is 3.98. The van der Waals surface area contributed by atoms with Gasteiger partial charge in [-0.05, 0) is 36.8 Å². The topological polar surface area (TPSA) is 38.7 Å². The zero-order valence-corrected chi connectivity index (χ0v) is 13.9. The van der Waals surface area contributed by atoms with E-state index in [1.165, 1.54) is 6.42 Å². The van der Waals surface area contributed by atoms with Crippen molar-refractivity contribution in [2.75, 3.05) is 13.2 Å². The van der Waals surface area contributed by atoms with Crippen LogP contribution in [0.15, 0.2) is 54.6 Å². The molecule has 2 fully saturated rings. The van der Waals surface area contributed by atoms with Gasteiger partial charge in [0.15, 0.2) is 0 Å². The van der Waals surface area contributed by atoms with Crippen molar-refractivity contribution in [2.45, 2.75) is 37.4 Å². The van der Waals surface area contributed by atoms with Gasteiger partial charge in [-0.3, -0.25) is 0 Å². The van der Waals surface area contributed by atoms with Gasteiger partial charge in [-0.1, -0.05) is 48.5 Å². The van der Waals surface area contributed by atoms with E-state index in [2.05, 4.69) is 0 Å². The summed E-state index contributed by atoms with van der Waals surface area (Å²) in [7, 11) is 0. The molecule has 3 unspecified atom stereocenters. The summed E-state index contributed by atoms with van der Waals surface area (Å²) in [6.07, 6.45) is 3.47. The molecule has 2 bridgehead atoms. The van der Waals surface area contributed by atoms with E-state index in [4.69, 9.17) is 9.47 Å². The molecule has 4 rings (SSSR count). The van der Waals surface area contributed by atoms with Crippen LogP contribution in [0.1, 0.15) is 36.5 Å². The normalized spacial score (nSPS) is 26.5. The van der Waals surface area contributed by atoms with Crippen LogP contribution in [0, 0.1) is 5.92 Å². The van der Waals surface area contributed by atoms with Gasteiger partial charge in [-0.15, -0.1) is 0 Å². The first-order valence-corrected chi connectivity index (χ1v) is 8.82. The molecule has 0 amide bonds. The molecular formula is C21H24O3. The number of hydrogen-bond acceptors (Lipinski definition) is 3. The number of ether oxygens (including phenoxy) is 2. The Labute approximate surface area is 143 Å². The highest BCUT2D eigenvalue weighted by atomic mass is 16.5. The number of rotatable bonds is 6. The molecule has 1 saturated carbocycles.